The van der Waals surface area contributed by atoms with Crippen LogP contribution in [0.15, 0.2) is 12.1 Å². The van der Waals surface area contributed by atoms with Crippen LogP contribution in [0.4, 0.5) is 10.1 Å². The number of halogens is 2. The molecule has 0 aromatic heterocycles. The van der Waals surface area contributed by atoms with Crippen LogP contribution in [-0.2, 0) is 0 Å². The van der Waals surface area contributed by atoms with Gasteiger partial charge in [0.2, 0.25) is 0 Å². The molecule has 2 nitrogen and oxygen atoms in total. The molecule has 0 saturated heterocycles. The highest BCUT2D eigenvalue weighted by Crippen LogP contribution is 2.20. The Bertz CT molecular complexity index is 277. The minimum Gasteiger partial charge on any atom is -0.215 e. The van der Waals surface area contributed by atoms with Crippen LogP contribution in [0.2, 0.25) is 5.02 Å². The van der Waals surface area contributed by atoms with Crippen molar-refractivity contribution in [2.45, 2.75) is 6.92 Å². The Morgan fingerprint density at radius 1 is 1.55 bits per heavy atom. The molecule has 0 unspecified atom stereocenters. The summed E-state index contributed by atoms with van der Waals surface area (Å²) in [5.74, 6) is -0.511. The van der Waals surface area contributed by atoms with Crippen molar-refractivity contribution in [3.05, 3.63) is 28.5 Å². The third-order valence-corrected chi connectivity index (χ3v) is 1.82. The smallest absolute Gasteiger partial charge is 0.198 e. The van der Waals surface area contributed by atoms with E-state index in [0.717, 1.165) is 11.0 Å². The van der Waals surface area contributed by atoms with Crippen molar-refractivity contribution in [3.8, 4) is 0 Å². The van der Waals surface area contributed by atoms with Gasteiger partial charge in [0.05, 0.1) is 0 Å². The number of benzene rings is 1. The molecule has 0 aliphatic heterocycles. The first-order chi connectivity index (χ1) is 5.15. The van der Waals surface area contributed by atoms with Gasteiger partial charge < -0.3 is 0 Å². The lowest BCUT2D eigenvalue weighted by Gasteiger charge is -1.99. The number of hydrogen-bond acceptors (Lipinski definition) is 1. The van der Waals surface area contributed by atoms with Crippen molar-refractivity contribution in [2.24, 2.45) is 0 Å². The first-order valence-corrected chi connectivity index (χ1v) is 3.46. The van der Waals surface area contributed by atoms with E-state index in [4.69, 9.17) is 16.8 Å². The maximum Gasteiger partial charge on any atom is 0.198 e. The Kier molecular flexibility index (Phi) is 2.44. The molecule has 0 fully saturated rings. The summed E-state index contributed by atoms with van der Waals surface area (Å²) in [6, 6.07) is 2.66. The Morgan fingerprint density at radius 2 is 2.18 bits per heavy atom. The van der Waals surface area contributed by atoms with Crippen molar-refractivity contribution in [1.82, 2.24) is 0 Å². The molecule has 0 spiro atoms. The zero-order valence-electron chi connectivity index (χ0n) is 5.94. The van der Waals surface area contributed by atoms with Gasteiger partial charge >= 0.3 is 0 Å². The number of rotatable bonds is 1. The first kappa shape index (κ1) is 8.46. The SMILES string of the molecule is Cc1cc([NH2+]O)c(F)cc1Cl. The third kappa shape index (κ3) is 1.68. The zero-order valence-corrected chi connectivity index (χ0v) is 6.69. The van der Waals surface area contributed by atoms with Gasteiger partial charge in [-0.25, -0.2) is 9.60 Å². The Morgan fingerprint density at radius 3 is 2.73 bits per heavy atom. The molecule has 60 valence electrons. The molecule has 1 rings (SSSR count). The van der Waals surface area contributed by atoms with Crippen molar-refractivity contribution in [1.29, 1.82) is 0 Å². The number of aryl methyl sites for hydroxylation is 1. The quantitative estimate of drug-likeness (QED) is 0.492. The van der Waals surface area contributed by atoms with Gasteiger partial charge in [-0.05, 0) is 18.6 Å². The lowest BCUT2D eigenvalue weighted by atomic mass is 10.2. The third-order valence-electron chi connectivity index (χ3n) is 1.42. The molecule has 0 aliphatic carbocycles. The zero-order chi connectivity index (χ0) is 8.43. The molecule has 0 heterocycles. The summed E-state index contributed by atoms with van der Waals surface area (Å²) < 4.78 is 12.8. The van der Waals surface area contributed by atoms with Gasteiger partial charge in [0.25, 0.3) is 0 Å². The van der Waals surface area contributed by atoms with Crippen LogP contribution in [0, 0.1) is 12.7 Å². The molecule has 0 radical (unpaired) electrons. The lowest BCUT2D eigenvalue weighted by Crippen LogP contribution is -2.74. The summed E-state index contributed by atoms with van der Waals surface area (Å²) in [6.07, 6.45) is 0. The number of nitrogens with two attached hydrogens (primary N) is 1. The minimum absolute atomic E-state index is 0.159. The maximum absolute atomic E-state index is 12.8. The maximum atomic E-state index is 12.8. The molecule has 0 bridgehead atoms. The molecule has 1 aromatic carbocycles. The van der Waals surface area contributed by atoms with Crippen LogP contribution < -0.4 is 5.48 Å². The van der Waals surface area contributed by atoms with Crippen LogP contribution in [0.5, 0.6) is 0 Å². The van der Waals surface area contributed by atoms with Gasteiger partial charge in [0.1, 0.15) is 0 Å². The molecule has 1 aromatic rings. The molecule has 4 heteroatoms. The van der Waals surface area contributed by atoms with Crippen molar-refractivity contribution < 1.29 is 15.1 Å². The van der Waals surface area contributed by atoms with E-state index in [1.54, 1.807) is 6.92 Å². The molecular formula is C7H8ClFNO+. The lowest BCUT2D eigenvalue weighted by molar-refractivity contribution is -0.826. The summed E-state index contributed by atoms with van der Waals surface area (Å²) in [5.41, 5.74) is 1.62. The van der Waals surface area contributed by atoms with Crippen molar-refractivity contribution >= 4 is 17.3 Å². The van der Waals surface area contributed by atoms with E-state index in [1.807, 2.05) is 0 Å². The fourth-order valence-electron chi connectivity index (χ4n) is 0.779. The Balaban J connectivity index is 3.21. The fourth-order valence-corrected chi connectivity index (χ4v) is 0.929. The predicted octanol–water partition coefficient (Wildman–Crippen LogP) is 1.37. The first-order valence-electron chi connectivity index (χ1n) is 3.08. The normalized spacial score (nSPS) is 10.2. The van der Waals surface area contributed by atoms with Crippen molar-refractivity contribution in [2.75, 3.05) is 0 Å². The van der Waals surface area contributed by atoms with Crippen molar-refractivity contribution in [3.63, 3.8) is 0 Å². The fraction of sp³-hybridized carbons (Fsp3) is 0.143. The topological polar surface area (TPSA) is 36.8 Å². The highest BCUT2D eigenvalue weighted by molar-refractivity contribution is 6.31. The molecule has 0 saturated carbocycles. The average Bonchev–Trinajstić information content (AvgIpc) is 1.97. The van der Waals surface area contributed by atoms with E-state index in [1.165, 1.54) is 12.1 Å². The molecular weight excluding hydrogens is 169 g/mol. The summed E-state index contributed by atoms with van der Waals surface area (Å²) in [4.78, 5) is 0. The van der Waals surface area contributed by atoms with Crippen LogP contribution in [-0.4, -0.2) is 5.21 Å². The minimum atomic E-state index is -0.511. The van der Waals surface area contributed by atoms with E-state index >= 15 is 0 Å². The Hall–Kier alpha value is -0.640. The van der Waals surface area contributed by atoms with E-state index in [2.05, 4.69) is 0 Å². The van der Waals surface area contributed by atoms with Gasteiger partial charge in [0.15, 0.2) is 11.5 Å². The second kappa shape index (κ2) is 3.17. The van der Waals surface area contributed by atoms with Crippen LogP contribution in [0.1, 0.15) is 5.56 Å². The van der Waals surface area contributed by atoms with E-state index in [9.17, 15) is 4.39 Å². The standard InChI is InChI=1S/C7H7ClFNO/c1-4-2-7(10-11)6(9)3-5(4)8/h2-3,10-11H,1H3/p+1. The van der Waals surface area contributed by atoms with E-state index in [0.29, 0.717) is 5.02 Å². The molecule has 11 heavy (non-hydrogen) atoms. The molecule has 3 N–H and O–H groups in total. The van der Waals surface area contributed by atoms with E-state index in [-0.39, 0.29) is 5.69 Å². The molecule has 0 aliphatic rings. The summed E-state index contributed by atoms with van der Waals surface area (Å²) in [5, 5.41) is 8.89. The van der Waals surface area contributed by atoms with Gasteiger partial charge in [0, 0.05) is 11.1 Å². The second-order valence-electron chi connectivity index (χ2n) is 2.25. The summed E-state index contributed by atoms with van der Waals surface area (Å²) in [6.45, 7) is 1.74. The van der Waals surface area contributed by atoms with Crippen LogP contribution in [0.3, 0.4) is 0 Å². The van der Waals surface area contributed by atoms with Crippen LogP contribution >= 0.6 is 11.6 Å². The predicted molar refractivity (Wildman–Crippen MR) is 39.5 cm³/mol. The highest BCUT2D eigenvalue weighted by Gasteiger charge is 2.07. The summed E-state index contributed by atoms with van der Waals surface area (Å²) >= 11 is 5.61. The summed E-state index contributed by atoms with van der Waals surface area (Å²) in [7, 11) is 0. The van der Waals surface area contributed by atoms with E-state index < -0.39 is 5.82 Å². The Labute approximate surface area is 68.6 Å². The van der Waals surface area contributed by atoms with Gasteiger partial charge in [-0.2, -0.15) is 5.48 Å². The average molecular weight is 177 g/mol. The monoisotopic (exact) mass is 176 g/mol. The van der Waals surface area contributed by atoms with Gasteiger partial charge in [-0.1, -0.05) is 11.6 Å². The van der Waals surface area contributed by atoms with Crippen LogP contribution in [0.25, 0.3) is 0 Å². The van der Waals surface area contributed by atoms with Gasteiger partial charge in [-0.3, -0.25) is 0 Å². The molecule has 0 amide bonds. The molecule has 0 atom stereocenters. The highest BCUT2D eigenvalue weighted by atomic mass is 35.5. The largest absolute Gasteiger partial charge is 0.215 e. The number of hydrogen-bond donors (Lipinski definition) is 2. The number of quaternary nitrogens is 1. The van der Waals surface area contributed by atoms with Gasteiger partial charge in [-0.15, -0.1) is 0 Å². The second-order valence-corrected chi connectivity index (χ2v) is 2.66.